The van der Waals surface area contributed by atoms with Crippen molar-refractivity contribution in [2.75, 3.05) is 6.54 Å². The summed E-state index contributed by atoms with van der Waals surface area (Å²) in [7, 11) is 0. The topological polar surface area (TPSA) is 67.2 Å². The molecule has 112 valence electrons. The molecule has 21 heavy (non-hydrogen) atoms. The Morgan fingerprint density at radius 2 is 2.10 bits per heavy atom. The molecule has 0 bridgehead atoms. The molecule has 1 unspecified atom stereocenters. The maximum absolute atomic E-state index is 12.0. The number of aromatic nitrogens is 2. The molecule has 2 aromatic rings. The number of carbonyl (C=O) groups is 1. The lowest BCUT2D eigenvalue weighted by molar-refractivity contribution is 0.0867. The lowest BCUT2D eigenvalue weighted by atomic mass is 10.1. The molecule has 1 amide bonds. The molecule has 0 radical (unpaired) electrons. The Balaban J connectivity index is 2.06. The maximum atomic E-state index is 12.0. The third kappa shape index (κ3) is 3.83. The number of rotatable bonds is 5. The minimum absolute atomic E-state index is 0.0889. The van der Waals surface area contributed by atoms with E-state index in [1.165, 1.54) is 0 Å². The zero-order valence-electron chi connectivity index (χ0n) is 12.0. The van der Waals surface area contributed by atoms with Gasteiger partial charge in [-0.05, 0) is 24.1 Å². The number of amides is 1. The number of nitrogens with zero attached hydrogens (tertiary/aromatic N) is 2. The summed E-state index contributed by atoms with van der Waals surface area (Å²) >= 11 is 6.09. The standard InChI is InChI=1S/C15H18ClN3O2/c1-10(2)14(20)9-17-15(21)12-7-8-19(18-12)13-6-4-3-5-11(13)16/h3-8,10,14,20H,9H2,1-2H3,(H,17,21). The lowest BCUT2D eigenvalue weighted by Crippen LogP contribution is -2.34. The van der Waals surface area contributed by atoms with Gasteiger partial charge >= 0.3 is 0 Å². The fourth-order valence-electron chi connectivity index (χ4n) is 1.74. The number of para-hydroxylation sites is 1. The summed E-state index contributed by atoms with van der Waals surface area (Å²) in [5.41, 5.74) is 0.992. The van der Waals surface area contributed by atoms with Gasteiger partial charge in [-0.15, -0.1) is 0 Å². The highest BCUT2D eigenvalue weighted by atomic mass is 35.5. The Morgan fingerprint density at radius 3 is 2.76 bits per heavy atom. The van der Waals surface area contributed by atoms with E-state index in [1.54, 1.807) is 23.0 Å². The van der Waals surface area contributed by atoms with E-state index in [2.05, 4.69) is 10.4 Å². The van der Waals surface area contributed by atoms with Crippen LogP contribution in [-0.4, -0.2) is 33.4 Å². The molecule has 0 fully saturated rings. The van der Waals surface area contributed by atoms with E-state index in [-0.39, 0.29) is 24.1 Å². The first kappa shape index (κ1) is 15.5. The van der Waals surface area contributed by atoms with Crippen LogP contribution >= 0.6 is 11.6 Å². The molecular formula is C15H18ClN3O2. The number of nitrogens with one attached hydrogen (secondary N) is 1. The van der Waals surface area contributed by atoms with E-state index in [9.17, 15) is 9.90 Å². The first-order valence-corrected chi connectivity index (χ1v) is 7.13. The van der Waals surface area contributed by atoms with Gasteiger partial charge in [-0.25, -0.2) is 4.68 Å². The summed E-state index contributed by atoms with van der Waals surface area (Å²) in [5.74, 6) is -0.230. The molecule has 1 heterocycles. The van der Waals surface area contributed by atoms with Crippen LogP contribution in [0, 0.1) is 5.92 Å². The highest BCUT2D eigenvalue weighted by Crippen LogP contribution is 2.18. The van der Waals surface area contributed by atoms with Crippen molar-refractivity contribution in [3.05, 3.63) is 47.2 Å². The average Bonchev–Trinajstić information content (AvgIpc) is 2.94. The van der Waals surface area contributed by atoms with Crippen LogP contribution in [0.3, 0.4) is 0 Å². The third-order valence-electron chi connectivity index (χ3n) is 3.16. The third-order valence-corrected chi connectivity index (χ3v) is 3.48. The molecule has 1 aromatic carbocycles. The summed E-state index contributed by atoms with van der Waals surface area (Å²) in [6, 6.07) is 8.87. The van der Waals surface area contributed by atoms with Gasteiger partial charge in [-0.2, -0.15) is 5.10 Å². The van der Waals surface area contributed by atoms with Crippen LogP contribution in [0.15, 0.2) is 36.5 Å². The number of hydrogen-bond acceptors (Lipinski definition) is 3. The summed E-state index contributed by atoms with van der Waals surface area (Å²) in [5, 5.41) is 17.1. The Hall–Kier alpha value is -1.85. The molecule has 0 aliphatic carbocycles. The lowest BCUT2D eigenvalue weighted by Gasteiger charge is -2.14. The summed E-state index contributed by atoms with van der Waals surface area (Å²) in [4.78, 5) is 12.0. The zero-order valence-corrected chi connectivity index (χ0v) is 12.7. The quantitative estimate of drug-likeness (QED) is 0.890. The van der Waals surface area contributed by atoms with E-state index in [0.717, 1.165) is 0 Å². The van der Waals surface area contributed by atoms with Crippen molar-refractivity contribution in [1.29, 1.82) is 0 Å². The number of halogens is 1. The number of aliphatic hydroxyl groups excluding tert-OH is 1. The molecule has 0 spiro atoms. The van der Waals surface area contributed by atoms with Crippen LogP contribution in [0.5, 0.6) is 0 Å². The van der Waals surface area contributed by atoms with Crippen LogP contribution in [0.4, 0.5) is 0 Å². The second kappa shape index (κ2) is 6.74. The van der Waals surface area contributed by atoms with Gasteiger partial charge < -0.3 is 10.4 Å². The molecule has 0 aliphatic rings. The van der Waals surface area contributed by atoms with Crippen molar-refractivity contribution in [2.24, 2.45) is 5.92 Å². The number of aliphatic hydroxyl groups is 1. The van der Waals surface area contributed by atoms with Gasteiger partial charge in [-0.1, -0.05) is 37.6 Å². The van der Waals surface area contributed by atoms with Gasteiger partial charge in [0.1, 0.15) is 0 Å². The van der Waals surface area contributed by atoms with Crippen molar-refractivity contribution >= 4 is 17.5 Å². The smallest absolute Gasteiger partial charge is 0.271 e. The Kier molecular flexibility index (Phi) is 4.98. The molecule has 1 aromatic heterocycles. The van der Waals surface area contributed by atoms with E-state index in [1.807, 2.05) is 32.0 Å². The fourth-order valence-corrected chi connectivity index (χ4v) is 1.96. The van der Waals surface area contributed by atoms with Crippen molar-refractivity contribution in [3.8, 4) is 5.69 Å². The molecule has 2 rings (SSSR count). The fraction of sp³-hybridized carbons (Fsp3) is 0.333. The predicted octanol–water partition coefficient (Wildman–Crippen LogP) is 2.27. The van der Waals surface area contributed by atoms with Gasteiger partial charge in [0.2, 0.25) is 0 Å². The second-order valence-electron chi connectivity index (χ2n) is 5.12. The Labute approximate surface area is 128 Å². The Morgan fingerprint density at radius 1 is 1.38 bits per heavy atom. The van der Waals surface area contributed by atoms with Crippen LogP contribution in [0.2, 0.25) is 5.02 Å². The van der Waals surface area contributed by atoms with Crippen LogP contribution in [0.1, 0.15) is 24.3 Å². The molecule has 5 nitrogen and oxygen atoms in total. The largest absolute Gasteiger partial charge is 0.391 e. The maximum Gasteiger partial charge on any atom is 0.271 e. The monoisotopic (exact) mass is 307 g/mol. The van der Waals surface area contributed by atoms with Gasteiger partial charge in [0.05, 0.1) is 16.8 Å². The normalized spacial score (nSPS) is 12.4. The average molecular weight is 308 g/mol. The molecular weight excluding hydrogens is 290 g/mol. The van der Waals surface area contributed by atoms with Crippen molar-refractivity contribution in [3.63, 3.8) is 0 Å². The van der Waals surface area contributed by atoms with Gasteiger partial charge in [0.25, 0.3) is 5.91 Å². The van der Waals surface area contributed by atoms with E-state index >= 15 is 0 Å². The molecule has 0 saturated carbocycles. The van der Waals surface area contributed by atoms with Crippen molar-refractivity contribution < 1.29 is 9.90 Å². The van der Waals surface area contributed by atoms with Crippen LogP contribution in [0.25, 0.3) is 5.69 Å². The van der Waals surface area contributed by atoms with E-state index < -0.39 is 6.10 Å². The molecule has 6 heteroatoms. The number of carbonyl (C=O) groups excluding carboxylic acids is 1. The number of hydrogen-bond donors (Lipinski definition) is 2. The number of benzene rings is 1. The van der Waals surface area contributed by atoms with Crippen LogP contribution < -0.4 is 5.32 Å². The van der Waals surface area contributed by atoms with Crippen LogP contribution in [-0.2, 0) is 0 Å². The highest BCUT2D eigenvalue weighted by molar-refractivity contribution is 6.32. The summed E-state index contributed by atoms with van der Waals surface area (Å²) < 4.78 is 1.55. The first-order valence-electron chi connectivity index (χ1n) is 6.76. The Bertz CT molecular complexity index is 625. The molecule has 2 N–H and O–H groups in total. The van der Waals surface area contributed by atoms with Crippen molar-refractivity contribution in [1.82, 2.24) is 15.1 Å². The molecule has 1 atom stereocenters. The van der Waals surface area contributed by atoms with Gasteiger partial charge in [0, 0.05) is 12.7 Å². The second-order valence-corrected chi connectivity index (χ2v) is 5.53. The van der Waals surface area contributed by atoms with Gasteiger partial charge in [-0.3, -0.25) is 4.79 Å². The highest BCUT2D eigenvalue weighted by Gasteiger charge is 2.14. The van der Waals surface area contributed by atoms with Crippen molar-refractivity contribution in [2.45, 2.75) is 20.0 Å². The summed E-state index contributed by atoms with van der Waals surface area (Å²) in [6.07, 6.45) is 1.11. The van der Waals surface area contributed by atoms with E-state index in [4.69, 9.17) is 11.6 Å². The minimum atomic E-state index is -0.570. The first-order chi connectivity index (χ1) is 9.99. The predicted molar refractivity (Wildman–Crippen MR) is 81.8 cm³/mol. The SMILES string of the molecule is CC(C)C(O)CNC(=O)c1ccn(-c2ccccc2Cl)n1. The zero-order chi connectivity index (χ0) is 15.4. The summed E-state index contributed by atoms with van der Waals surface area (Å²) in [6.45, 7) is 3.99. The molecule has 0 aliphatic heterocycles. The van der Waals surface area contributed by atoms with E-state index in [0.29, 0.717) is 10.7 Å². The molecule has 0 saturated heterocycles. The minimum Gasteiger partial charge on any atom is -0.391 e. The van der Waals surface area contributed by atoms with Gasteiger partial charge in [0.15, 0.2) is 5.69 Å².